The van der Waals surface area contributed by atoms with E-state index in [4.69, 9.17) is 10.2 Å². The van der Waals surface area contributed by atoms with Crippen LogP contribution in [-0.2, 0) is 6.54 Å². The molecule has 0 radical (unpaired) electrons. The number of hydrogen-bond acceptors (Lipinski definition) is 7. The molecule has 0 aromatic carbocycles. The van der Waals surface area contributed by atoms with Crippen LogP contribution in [0.25, 0.3) is 17.2 Å². The van der Waals surface area contributed by atoms with Crippen molar-refractivity contribution in [2.45, 2.75) is 13.5 Å². The molecule has 0 saturated carbocycles. The number of nitrogens with two attached hydrogens (primary N) is 1. The fraction of sp³-hybridized carbons (Fsp3) is 0.167. The lowest BCUT2D eigenvalue weighted by Crippen LogP contribution is -2.27. The monoisotopic (exact) mass is 363 g/mol. The molecule has 0 aliphatic carbocycles. The van der Waals surface area contributed by atoms with Crippen molar-refractivity contribution in [3.63, 3.8) is 0 Å². The third kappa shape index (κ3) is 3.22. The first-order valence-corrected chi connectivity index (χ1v) is 8.25. The van der Waals surface area contributed by atoms with E-state index in [9.17, 15) is 4.79 Å². The van der Waals surface area contributed by atoms with Gasteiger partial charge in [0.1, 0.15) is 5.69 Å². The van der Waals surface area contributed by atoms with Gasteiger partial charge in [0.25, 0.3) is 5.91 Å². The average molecular weight is 363 g/mol. The Morgan fingerprint density at radius 3 is 2.85 bits per heavy atom. The van der Waals surface area contributed by atoms with Gasteiger partial charge < -0.3 is 15.1 Å². The molecular weight excluding hydrogens is 346 g/mol. The zero-order valence-corrected chi connectivity index (χ0v) is 14.8. The van der Waals surface area contributed by atoms with E-state index in [1.165, 1.54) is 10.8 Å². The zero-order chi connectivity index (χ0) is 19.0. The number of amides is 1. The highest BCUT2D eigenvalue weighted by atomic mass is 16.3. The number of carbonyl (C=O) groups excluding carboxylic acids is 1. The maximum atomic E-state index is 12.8. The molecule has 0 atom stereocenters. The lowest BCUT2D eigenvalue weighted by Gasteiger charge is -2.17. The van der Waals surface area contributed by atoms with Gasteiger partial charge >= 0.3 is 0 Å². The van der Waals surface area contributed by atoms with E-state index in [0.717, 1.165) is 11.3 Å². The molecule has 136 valence electrons. The van der Waals surface area contributed by atoms with Crippen molar-refractivity contribution in [2.24, 2.45) is 0 Å². The average Bonchev–Trinajstić information content (AvgIpc) is 3.32. The van der Waals surface area contributed by atoms with Crippen LogP contribution in [0.15, 0.2) is 47.2 Å². The lowest BCUT2D eigenvalue weighted by atomic mass is 10.2. The molecule has 0 fully saturated rings. The van der Waals surface area contributed by atoms with Crippen molar-refractivity contribution in [1.82, 2.24) is 29.5 Å². The number of hydrogen-bond donors (Lipinski definition) is 1. The number of aromatic nitrogens is 5. The molecule has 0 bridgehead atoms. The van der Waals surface area contributed by atoms with E-state index >= 15 is 0 Å². The van der Waals surface area contributed by atoms with Gasteiger partial charge in [0.05, 0.1) is 6.26 Å². The summed E-state index contributed by atoms with van der Waals surface area (Å²) in [6, 6.07) is 8.88. The van der Waals surface area contributed by atoms with Crippen molar-refractivity contribution >= 4 is 17.5 Å². The van der Waals surface area contributed by atoms with Crippen LogP contribution < -0.4 is 5.73 Å². The number of fused-ring (bicyclic) bond motifs is 1. The van der Waals surface area contributed by atoms with Crippen LogP contribution in [-0.4, -0.2) is 42.4 Å². The molecule has 9 nitrogen and oxygen atoms in total. The van der Waals surface area contributed by atoms with E-state index in [1.54, 1.807) is 36.3 Å². The van der Waals surface area contributed by atoms with Gasteiger partial charge in [-0.15, -0.1) is 5.10 Å². The van der Waals surface area contributed by atoms with Crippen molar-refractivity contribution < 1.29 is 9.21 Å². The van der Waals surface area contributed by atoms with E-state index < -0.39 is 0 Å². The molecule has 4 aromatic rings. The maximum absolute atomic E-state index is 12.8. The van der Waals surface area contributed by atoms with E-state index in [0.29, 0.717) is 23.8 Å². The van der Waals surface area contributed by atoms with Crippen molar-refractivity contribution in [3.05, 3.63) is 59.7 Å². The highest BCUT2D eigenvalue weighted by Gasteiger charge is 2.18. The minimum atomic E-state index is -0.271. The first kappa shape index (κ1) is 16.7. The summed E-state index contributed by atoms with van der Waals surface area (Å²) >= 11 is 0. The summed E-state index contributed by atoms with van der Waals surface area (Å²) in [6.45, 7) is 2.32. The Morgan fingerprint density at radius 2 is 2.15 bits per heavy atom. The van der Waals surface area contributed by atoms with Gasteiger partial charge in [-0.3, -0.25) is 9.78 Å². The molecule has 0 spiro atoms. The smallest absolute Gasteiger partial charge is 0.272 e. The molecular formula is C18H17N7O2. The molecule has 0 saturated heterocycles. The number of carbonyl (C=O) groups is 1. The summed E-state index contributed by atoms with van der Waals surface area (Å²) in [5.74, 6) is 0.686. The summed E-state index contributed by atoms with van der Waals surface area (Å²) in [7, 11) is 1.70. The Bertz CT molecular complexity index is 1100. The molecule has 2 N–H and O–H groups in total. The fourth-order valence-corrected chi connectivity index (χ4v) is 2.66. The molecule has 4 heterocycles. The Kier molecular flexibility index (Phi) is 4.03. The second-order valence-electron chi connectivity index (χ2n) is 6.15. The molecule has 1 amide bonds. The van der Waals surface area contributed by atoms with E-state index in [-0.39, 0.29) is 17.5 Å². The second kappa shape index (κ2) is 6.52. The Morgan fingerprint density at radius 1 is 1.30 bits per heavy atom. The Balaban J connectivity index is 1.62. The zero-order valence-electron chi connectivity index (χ0n) is 14.8. The van der Waals surface area contributed by atoms with Gasteiger partial charge in [0.15, 0.2) is 11.4 Å². The standard InChI is InChI=1S/C18H17N7O2/c1-11-5-6-12(9-20-11)10-24(2)17(26)13-8-15-22-16(14-4-3-7-27-14)23-25(15)18(19)21-13/h3-9H,10H2,1-2H3,(H2,19,21). The minimum absolute atomic E-state index is 0.0755. The quantitative estimate of drug-likeness (QED) is 0.589. The number of furan rings is 1. The van der Waals surface area contributed by atoms with Gasteiger partial charge in [-0.05, 0) is 30.7 Å². The van der Waals surface area contributed by atoms with Gasteiger partial charge in [-0.2, -0.15) is 4.52 Å². The third-order valence-corrected chi connectivity index (χ3v) is 4.05. The van der Waals surface area contributed by atoms with E-state index in [1.807, 2.05) is 19.1 Å². The number of nitrogens with zero attached hydrogens (tertiary/aromatic N) is 6. The van der Waals surface area contributed by atoms with Crippen molar-refractivity contribution in [2.75, 3.05) is 12.8 Å². The second-order valence-corrected chi connectivity index (χ2v) is 6.15. The predicted molar refractivity (Wildman–Crippen MR) is 97.7 cm³/mol. The van der Waals surface area contributed by atoms with Crippen LogP contribution in [0.2, 0.25) is 0 Å². The predicted octanol–water partition coefficient (Wildman–Crippen LogP) is 1.94. The SMILES string of the molecule is Cc1ccc(CN(C)C(=O)c2cc3nc(-c4ccco4)nn3c(N)n2)cn1. The minimum Gasteiger partial charge on any atom is -0.461 e. The van der Waals surface area contributed by atoms with Crippen molar-refractivity contribution in [1.29, 1.82) is 0 Å². The summed E-state index contributed by atoms with van der Waals surface area (Å²) in [5.41, 5.74) is 8.43. The first-order valence-electron chi connectivity index (χ1n) is 8.25. The number of aryl methyl sites for hydroxylation is 1. The van der Waals surface area contributed by atoms with Crippen LogP contribution in [0.1, 0.15) is 21.7 Å². The molecule has 4 rings (SSSR count). The van der Waals surface area contributed by atoms with Gasteiger partial charge in [-0.25, -0.2) is 9.97 Å². The van der Waals surface area contributed by atoms with Crippen LogP contribution in [0.3, 0.4) is 0 Å². The lowest BCUT2D eigenvalue weighted by molar-refractivity contribution is 0.0779. The topological polar surface area (TPSA) is 115 Å². The number of rotatable bonds is 4. The number of anilines is 1. The van der Waals surface area contributed by atoms with Crippen molar-refractivity contribution in [3.8, 4) is 11.6 Å². The van der Waals surface area contributed by atoms with Gasteiger partial charge in [-0.1, -0.05) is 6.07 Å². The van der Waals surface area contributed by atoms with Crippen LogP contribution in [0.4, 0.5) is 5.95 Å². The molecule has 0 unspecified atom stereocenters. The number of pyridine rings is 1. The molecule has 0 aliphatic heterocycles. The molecule has 27 heavy (non-hydrogen) atoms. The van der Waals surface area contributed by atoms with Gasteiger partial charge in [0.2, 0.25) is 11.8 Å². The van der Waals surface area contributed by atoms with Gasteiger partial charge in [0, 0.05) is 31.5 Å². The summed E-state index contributed by atoms with van der Waals surface area (Å²) in [4.78, 5) is 27.1. The normalized spacial score (nSPS) is 11.0. The number of nitrogen functional groups attached to an aromatic ring is 1. The summed E-state index contributed by atoms with van der Waals surface area (Å²) in [5, 5.41) is 4.27. The Hall–Kier alpha value is -3.75. The summed E-state index contributed by atoms with van der Waals surface area (Å²) in [6.07, 6.45) is 3.28. The fourth-order valence-electron chi connectivity index (χ4n) is 2.66. The highest BCUT2D eigenvalue weighted by molar-refractivity contribution is 5.93. The third-order valence-electron chi connectivity index (χ3n) is 4.05. The van der Waals surface area contributed by atoms with Crippen LogP contribution in [0.5, 0.6) is 0 Å². The van der Waals surface area contributed by atoms with Crippen LogP contribution >= 0.6 is 0 Å². The van der Waals surface area contributed by atoms with E-state index in [2.05, 4.69) is 20.1 Å². The maximum Gasteiger partial charge on any atom is 0.272 e. The van der Waals surface area contributed by atoms with Crippen LogP contribution in [0, 0.1) is 6.92 Å². The highest BCUT2D eigenvalue weighted by Crippen LogP contribution is 2.18. The Labute approximate surface area is 154 Å². The molecule has 4 aromatic heterocycles. The molecule has 0 aliphatic rings. The summed E-state index contributed by atoms with van der Waals surface area (Å²) < 4.78 is 6.67. The largest absolute Gasteiger partial charge is 0.461 e. The first-order chi connectivity index (χ1) is 13.0. The molecule has 9 heteroatoms.